The molecule has 1 rings (SSSR count). The van der Waals surface area contributed by atoms with Crippen molar-refractivity contribution in [3.8, 4) is 5.75 Å². The van der Waals surface area contributed by atoms with Gasteiger partial charge < -0.3 is 10.1 Å². The summed E-state index contributed by atoms with van der Waals surface area (Å²) in [4.78, 5) is 0. The molecule has 0 heterocycles. The highest BCUT2D eigenvalue weighted by Gasteiger charge is 2.01. The van der Waals surface area contributed by atoms with E-state index >= 15 is 0 Å². The van der Waals surface area contributed by atoms with E-state index in [9.17, 15) is 0 Å². The molecule has 0 bridgehead atoms. The van der Waals surface area contributed by atoms with Gasteiger partial charge >= 0.3 is 0 Å². The van der Waals surface area contributed by atoms with Crippen molar-refractivity contribution in [3.05, 3.63) is 28.2 Å². The van der Waals surface area contributed by atoms with Gasteiger partial charge in [0.15, 0.2) is 0 Å². The minimum absolute atomic E-state index is 0.770. The topological polar surface area (TPSA) is 21.3 Å². The molecule has 0 unspecified atom stereocenters. The second-order valence-electron chi connectivity index (χ2n) is 3.79. The van der Waals surface area contributed by atoms with Crippen molar-refractivity contribution in [2.45, 2.75) is 33.2 Å². The van der Waals surface area contributed by atoms with Crippen LogP contribution in [-0.4, -0.2) is 13.2 Å². The first-order valence-electron chi connectivity index (χ1n) is 5.89. The minimum atomic E-state index is 0.770. The molecule has 0 aliphatic carbocycles. The van der Waals surface area contributed by atoms with Gasteiger partial charge in [0.1, 0.15) is 5.75 Å². The molecule has 0 saturated carbocycles. The van der Waals surface area contributed by atoms with E-state index in [1.807, 2.05) is 6.07 Å². The molecule has 0 aliphatic heterocycles. The number of halogens is 1. The zero-order valence-corrected chi connectivity index (χ0v) is 11.6. The summed E-state index contributed by atoms with van der Waals surface area (Å²) in [5.74, 6) is 0.932. The Bertz CT molecular complexity index is 315. The quantitative estimate of drug-likeness (QED) is 0.771. The second-order valence-corrected chi connectivity index (χ2v) is 4.64. The molecule has 0 radical (unpaired) electrons. The lowest BCUT2D eigenvalue weighted by Crippen LogP contribution is -2.13. The van der Waals surface area contributed by atoms with Gasteiger partial charge in [-0.25, -0.2) is 0 Å². The van der Waals surface area contributed by atoms with Gasteiger partial charge in [-0.05, 0) is 53.0 Å². The van der Waals surface area contributed by atoms with Gasteiger partial charge in [0.25, 0.3) is 0 Å². The number of rotatable bonds is 7. The van der Waals surface area contributed by atoms with Crippen molar-refractivity contribution >= 4 is 15.9 Å². The summed E-state index contributed by atoms with van der Waals surface area (Å²) in [6.45, 7) is 7.03. The Labute approximate surface area is 107 Å². The van der Waals surface area contributed by atoms with Crippen LogP contribution >= 0.6 is 15.9 Å². The Morgan fingerprint density at radius 3 is 2.69 bits per heavy atom. The van der Waals surface area contributed by atoms with E-state index in [2.05, 4.69) is 47.2 Å². The van der Waals surface area contributed by atoms with Crippen LogP contribution in [0.25, 0.3) is 0 Å². The van der Waals surface area contributed by atoms with E-state index in [0.29, 0.717) is 0 Å². The SMILES string of the molecule is CCCNCc1ccc(OCCC)c(Br)c1. The number of benzene rings is 1. The summed E-state index contributed by atoms with van der Waals surface area (Å²) in [5, 5.41) is 3.38. The normalized spacial score (nSPS) is 10.4. The van der Waals surface area contributed by atoms with Crippen LogP contribution in [0.4, 0.5) is 0 Å². The minimum Gasteiger partial charge on any atom is -0.492 e. The van der Waals surface area contributed by atoms with Crippen LogP contribution in [0.15, 0.2) is 22.7 Å². The Morgan fingerprint density at radius 1 is 1.25 bits per heavy atom. The molecular formula is C13H20BrNO. The lowest BCUT2D eigenvalue weighted by atomic mass is 10.2. The molecule has 2 nitrogen and oxygen atoms in total. The summed E-state index contributed by atoms with van der Waals surface area (Å²) < 4.78 is 6.64. The monoisotopic (exact) mass is 285 g/mol. The average molecular weight is 286 g/mol. The first-order chi connectivity index (χ1) is 7.77. The van der Waals surface area contributed by atoms with E-state index in [4.69, 9.17) is 4.74 Å². The number of hydrogen-bond acceptors (Lipinski definition) is 2. The van der Waals surface area contributed by atoms with E-state index < -0.39 is 0 Å². The molecule has 0 aromatic heterocycles. The summed E-state index contributed by atoms with van der Waals surface area (Å²) >= 11 is 3.53. The molecule has 0 atom stereocenters. The maximum Gasteiger partial charge on any atom is 0.133 e. The predicted molar refractivity (Wildman–Crippen MR) is 71.9 cm³/mol. The van der Waals surface area contributed by atoms with Gasteiger partial charge in [0, 0.05) is 6.54 Å². The molecule has 0 aliphatic rings. The summed E-state index contributed by atoms with van der Waals surface area (Å²) in [6.07, 6.45) is 2.20. The number of hydrogen-bond donors (Lipinski definition) is 1. The van der Waals surface area contributed by atoms with Crippen LogP contribution in [0.2, 0.25) is 0 Å². The highest BCUT2D eigenvalue weighted by molar-refractivity contribution is 9.10. The maximum atomic E-state index is 5.60. The van der Waals surface area contributed by atoms with Gasteiger partial charge in [-0.3, -0.25) is 0 Å². The Kier molecular flexibility index (Phi) is 6.50. The molecule has 0 fully saturated rings. The van der Waals surface area contributed by atoms with Crippen molar-refractivity contribution in [2.24, 2.45) is 0 Å². The van der Waals surface area contributed by atoms with Crippen LogP contribution in [0.5, 0.6) is 5.75 Å². The molecule has 1 N–H and O–H groups in total. The zero-order chi connectivity index (χ0) is 11.8. The Hall–Kier alpha value is -0.540. The van der Waals surface area contributed by atoms with Crippen LogP contribution in [0.3, 0.4) is 0 Å². The lowest BCUT2D eigenvalue weighted by Gasteiger charge is -2.09. The molecule has 16 heavy (non-hydrogen) atoms. The molecule has 0 saturated heterocycles. The molecule has 0 amide bonds. The highest BCUT2D eigenvalue weighted by Crippen LogP contribution is 2.26. The molecule has 1 aromatic carbocycles. The molecule has 3 heteroatoms. The van der Waals surface area contributed by atoms with E-state index in [1.54, 1.807) is 0 Å². The first kappa shape index (κ1) is 13.5. The molecule has 1 aromatic rings. The smallest absolute Gasteiger partial charge is 0.133 e. The van der Waals surface area contributed by atoms with Crippen molar-refractivity contribution in [1.82, 2.24) is 5.32 Å². The van der Waals surface area contributed by atoms with E-state index in [1.165, 1.54) is 12.0 Å². The second kappa shape index (κ2) is 7.69. The number of nitrogens with one attached hydrogen (secondary N) is 1. The summed E-state index contributed by atoms with van der Waals surface area (Å²) in [7, 11) is 0. The third-order valence-electron chi connectivity index (χ3n) is 2.21. The summed E-state index contributed by atoms with van der Waals surface area (Å²) in [6, 6.07) is 6.26. The van der Waals surface area contributed by atoms with Crippen molar-refractivity contribution in [3.63, 3.8) is 0 Å². The fraction of sp³-hybridized carbons (Fsp3) is 0.538. The zero-order valence-electron chi connectivity index (χ0n) is 10.1. The lowest BCUT2D eigenvalue weighted by molar-refractivity contribution is 0.315. The predicted octanol–water partition coefficient (Wildman–Crippen LogP) is 3.74. The maximum absolute atomic E-state index is 5.60. The molecule has 0 spiro atoms. The average Bonchev–Trinajstić information content (AvgIpc) is 2.28. The van der Waals surface area contributed by atoms with Crippen LogP contribution in [-0.2, 0) is 6.54 Å². The van der Waals surface area contributed by atoms with Gasteiger partial charge in [-0.15, -0.1) is 0 Å². The third-order valence-corrected chi connectivity index (χ3v) is 2.83. The molecular weight excluding hydrogens is 266 g/mol. The third kappa shape index (κ3) is 4.54. The molecule has 90 valence electrons. The fourth-order valence-electron chi connectivity index (χ4n) is 1.39. The van der Waals surface area contributed by atoms with Crippen LogP contribution in [0, 0.1) is 0 Å². The Morgan fingerprint density at radius 2 is 2.06 bits per heavy atom. The van der Waals surface area contributed by atoms with Gasteiger partial charge in [-0.2, -0.15) is 0 Å². The van der Waals surface area contributed by atoms with E-state index in [0.717, 1.165) is 36.3 Å². The Balaban J connectivity index is 2.53. The van der Waals surface area contributed by atoms with E-state index in [-0.39, 0.29) is 0 Å². The highest BCUT2D eigenvalue weighted by atomic mass is 79.9. The first-order valence-corrected chi connectivity index (χ1v) is 6.69. The van der Waals surface area contributed by atoms with Crippen molar-refractivity contribution in [1.29, 1.82) is 0 Å². The van der Waals surface area contributed by atoms with Crippen LogP contribution in [0.1, 0.15) is 32.3 Å². The van der Waals surface area contributed by atoms with Crippen molar-refractivity contribution in [2.75, 3.05) is 13.2 Å². The summed E-state index contributed by atoms with van der Waals surface area (Å²) in [5.41, 5.74) is 1.28. The largest absolute Gasteiger partial charge is 0.492 e. The fourth-order valence-corrected chi connectivity index (χ4v) is 1.93. The van der Waals surface area contributed by atoms with Crippen molar-refractivity contribution < 1.29 is 4.74 Å². The van der Waals surface area contributed by atoms with Gasteiger partial charge in [0.2, 0.25) is 0 Å². The van der Waals surface area contributed by atoms with Crippen LogP contribution < -0.4 is 10.1 Å². The standard InChI is InChI=1S/C13H20BrNO/c1-3-7-15-10-11-5-6-13(12(14)9-11)16-8-4-2/h5-6,9,15H,3-4,7-8,10H2,1-2H3. The van der Waals surface area contributed by atoms with Gasteiger partial charge in [-0.1, -0.05) is 19.9 Å². The van der Waals surface area contributed by atoms with Gasteiger partial charge in [0.05, 0.1) is 11.1 Å². The number of ether oxygens (including phenoxy) is 1.